The minimum absolute atomic E-state index is 0.126. The van der Waals surface area contributed by atoms with Gasteiger partial charge in [0.15, 0.2) is 0 Å². The zero-order valence-corrected chi connectivity index (χ0v) is 13.6. The van der Waals surface area contributed by atoms with Crippen LogP contribution in [0.5, 0.6) is 0 Å². The molecule has 0 bridgehead atoms. The van der Waals surface area contributed by atoms with Gasteiger partial charge in [-0.3, -0.25) is 4.79 Å². The van der Waals surface area contributed by atoms with Crippen molar-refractivity contribution >= 4 is 35.0 Å². The standard InChI is InChI=1S/C18H13NOS2/c1-19-13-7-3-5-9-15(13)22-17(19)11-10-16-18(20)12-6-2-4-8-14(12)21-16/h2-11H,1H3. The molecule has 0 amide bonds. The number of benzene rings is 2. The van der Waals surface area contributed by atoms with E-state index in [0.717, 1.165) is 20.4 Å². The van der Waals surface area contributed by atoms with E-state index in [0.29, 0.717) is 0 Å². The highest BCUT2D eigenvalue weighted by Crippen LogP contribution is 2.45. The Bertz CT molecular complexity index is 838. The van der Waals surface area contributed by atoms with Crippen LogP contribution in [0.1, 0.15) is 10.4 Å². The first kappa shape index (κ1) is 13.7. The number of carbonyl (C=O) groups excluding carboxylic acids is 1. The molecule has 4 heteroatoms. The quantitative estimate of drug-likeness (QED) is 0.692. The van der Waals surface area contributed by atoms with E-state index in [1.54, 1.807) is 23.5 Å². The molecule has 2 aromatic rings. The number of allylic oxidation sites excluding steroid dienone is 3. The topological polar surface area (TPSA) is 20.3 Å². The third kappa shape index (κ3) is 2.19. The molecule has 2 aliphatic heterocycles. The van der Waals surface area contributed by atoms with Crippen LogP contribution in [0.15, 0.2) is 80.4 Å². The van der Waals surface area contributed by atoms with Crippen molar-refractivity contribution in [2.24, 2.45) is 0 Å². The molecule has 2 aliphatic rings. The van der Waals surface area contributed by atoms with Gasteiger partial charge in [-0.25, -0.2) is 0 Å². The summed E-state index contributed by atoms with van der Waals surface area (Å²) in [6.45, 7) is 0. The van der Waals surface area contributed by atoms with Crippen molar-refractivity contribution in [1.82, 2.24) is 0 Å². The molecule has 2 nitrogen and oxygen atoms in total. The number of fused-ring (bicyclic) bond motifs is 2. The molecule has 2 aromatic carbocycles. The summed E-state index contributed by atoms with van der Waals surface area (Å²) in [6, 6.07) is 16.1. The van der Waals surface area contributed by atoms with Gasteiger partial charge in [-0.2, -0.15) is 0 Å². The summed E-state index contributed by atoms with van der Waals surface area (Å²) >= 11 is 3.29. The van der Waals surface area contributed by atoms with E-state index in [1.807, 2.05) is 48.6 Å². The van der Waals surface area contributed by atoms with E-state index in [-0.39, 0.29) is 5.78 Å². The van der Waals surface area contributed by atoms with E-state index >= 15 is 0 Å². The van der Waals surface area contributed by atoms with Gasteiger partial charge in [-0.1, -0.05) is 47.8 Å². The van der Waals surface area contributed by atoms with Gasteiger partial charge in [-0.05, 0) is 36.4 Å². The molecule has 2 heterocycles. The molecule has 0 fully saturated rings. The van der Waals surface area contributed by atoms with Crippen LogP contribution in [0, 0.1) is 0 Å². The van der Waals surface area contributed by atoms with E-state index in [1.165, 1.54) is 10.6 Å². The number of hydrogen-bond donors (Lipinski definition) is 0. The van der Waals surface area contributed by atoms with E-state index in [4.69, 9.17) is 0 Å². The molecule has 0 unspecified atom stereocenters. The minimum Gasteiger partial charge on any atom is -0.338 e. The van der Waals surface area contributed by atoms with Crippen molar-refractivity contribution in [3.63, 3.8) is 0 Å². The maximum atomic E-state index is 12.4. The number of anilines is 1. The lowest BCUT2D eigenvalue weighted by Gasteiger charge is -2.12. The molecule has 0 radical (unpaired) electrons. The number of hydrogen-bond acceptors (Lipinski definition) is 4. The summed E-state index contributed by atoms with van der Waals surface area (Å²) in [4.78, 5) is 17.6. The zero-order chi connectivity index (χ0) is 15.1. The molecule has 4 rings (SSSR count). The largest absolute Gasteiger partial charge is 0.338 e. The Hall–Kier alpha value is -1.91. The number of nitrogens with zero attached hydrogens (tertiary/aromatic N) is 1. The van der Waals surface area contributed by atoms with Crippen LogP contribution in [0.4, 0.5) is 5.69 Å². The van der Waals surface area contributed by atoms with Gasteiger partial charge in [0.1, 0.15) is 0 Å². The van der Waals surface area contributed by atoms with Crippen molar-refractivity contribution in [3.05, 3.63) is 76.2 Å². The monoisotopic (exact) mass is 323 g/mol. The second-order valence-corrected chi connectivity index (χ2v) is 7.24. The van der Waals surface area contributed by atoms with E-state index < -0.39 is 0 Å². The Morgan fingerprint density at radius 3 is 2.41 bits per heavy atom. The average molecular weight is 323 g/mol. The van der Waals surface area contributed by atoms with Crippen LogP contribution in [-0.2, 0) is 0 Å². The summed E-state index contributed by atoms with van der Waals surface area (Å²) in [7, 11) is 2.06. The zero-order valence-electron chi connectivity index (χ0n) is 11.9. The molecule has 0 saturated heterocycles. The van der Waals surface area contributed by atoms with Crippen LogP contribution < -0.4 is 4.90 Å². The van der Waals surface area contributed by atoms with Crippen LogP contribution >= 0.6 is 23.5 Å². The maximum Gasteiger partial charge on any atom is 0.200 e. The molecule has 0 aromatic heterocycles. The average Bonchev–Trinajstić information content (AvgIpc) is 3.04. The first-order valence-corrected chi connectivity index (χ1v) is 8.61. The van der Waals surface area contributed by atoms with Gasteiger partial charge < -0.3 is 4.90 Å². The van der Waals surface area contributed by atoms with Crippen molar-refractivity contribution in [2.45, 2.75) is 9.79 Å². The van der Waals surface area contributed by atoms with E-state index in [2.05, 4.69) is 24.1 Å². The molecule has 0 atom stereocenters. The lowest BCUT2D eigenvalue weighted by molar-refractivity contribution is 0.104. The molecule has 0 aliphatic carbocycles. The summed E-state index contributed by atoms with van der Waals surface area (Å²) < 4.78 is 0. The summed E-state index contributed by atoms with van der Waals surface area (Å²) in [5.74, 6) is 0.126. The molecule has 108 valence electrons. The highest BCUT2D eigenvalue weighted by molar-refractivity contribution is 8.04. The lowest BCUT2D eigenvalue weighted by atomic mass is 10.1. The number of rotatable bonds is 1. The Balaban J connectivity index is 1.63. The molecule has 0 saturated carbocycles. The van der Waals surface area contributed by atoms with Crippen molar-refractivity contribution in [1.29, 1.82) is 0 Å². The van der Waals surface area contributed by atoms with Crippen molar-refractivity contribution in [3.8, 4) is 0 Å². The fourth-order valence-electron chi connectivity index (χ4n) is 2.56. The van der Waals surface area contributed by atoms with Crippen LogP contribution in [0.25, 0.3) is 0 Å². The normalized spacial score (nSPS) is 19.9. The van der Waals surface area contributed by atoms with Crippen LogP contribution in [0.3, 0.4) is 0 Å². The van der Waals surface area contributed by atoms with Crippen molar-refractivity contribution < 1.29 is 4.79 Å². The van der Waals surface area contributed by atoms with Gasteiger partial charge >= 0.3 is 0 Å². The smallest absolute Gasteiger partial charge is 0.200 e. The van der Waals surface area contributed by atoms with Crippen molar-refractivity contribution in [2.75, 3.05) is 11.9 Å². The molecule has 0 spiro atoms. The Labute approximate surface area is 137 Å². The number of para-hydroxylation sites is 1. The van der Waals surface area contributed by atoms with Gasteiger partial charge in [0, 0.05) is 22.4 Å². The number of ketones is 1. The molecular weight excluding hydrogens is 310 g/mol. The molecular formula is C18H13NOS2. The fraction of sp³-hybridized carbons (Fsp3) is 0.0556. The molecule has 22 heavy (non-hydrogen) atoms. The van der Waals surface area contributed by atoms with Gasteiger partial charge in [-0.15, -0.1) is 0 Å². The highest BCUT2D eigenvalue weighted by Gasteiger charge is 2.25. The third-order valence-electron chi connectivity index (χ3n) is 3.72. The third-order valence-corrected chi connectivity index (χ3v) is 6.03. The first-order chi connectivity index (χ1) is 10.7. The Kier molecular flexibility index (Phi) is 3.36. The van der Waals surface area contributed by atoms with Gasteiger partial charge in [0.05, 0.1) is 15.6 Å². The second kappa shape index (κ2) is 5.38. The molecule has 0 N–H and O–H groups in total. The number of Topliss-reactive ketones (excluding diaryl/α,β-unsaturated/α-hetero) is 1. The lowest BCUT2D eigenvalue weighted by Crippen LogP contribution is -2.09. The second-order valence-electron chi connectivity index (χ2n) is 5.09. The number of carbonyl (C=O) groups is 1. The highest BCUT2D eigenvalue weighted by atomic mass is 32.2. The van der Waals surface area contributed by atoms with Gasteiger partial charge in [0.25, 0.3) is 0 Å². The fourth-order valence-corrected chi connectivity index (χ4v) is 4.61. The Morgan fingerprint density at radius 1 is 0.909 bits per heavy atom. The predicted molar refractivity (Wildman–Crippen MR) is 93.5 cm³/mol. The number of thioether (sulfide) groups is 2. The van der Waals surface area contributed by atoms with Crippen LogP contribution in [-0.4, -0.2) is 12.8 Å². The Morgan fingerprint density at radius 2 is 1.64 bits per heavy atom. The predicted octanol–water partition coefficient (Wildman–Crippen LogP) is 4.94. The van der Waals surface area contributed by atoms with Gasteiger partial charge in [0.2, 0.25) is 5.78 Å². The summed E-state index contributed by atoms with van der Waals surface area (Å²) in [5, 5.41) is 1.14. The minimum atomic E-state index is 0.126. The van der Waals surface area contributed by atoms with E-state index in [9.17, 15) is 4.79 Å². The summed E-state index contributed by atoms with van der Waals surface area (Å²) in [6.07, 6.45) is 3.98. The first-order valence-electron chi connectivity index (χ1n) is 6.98. The SMILES string of the molecule is CN1C(=CC=C2Sc3ccccc3C2=O)Sc2ccccc21. The summed E-state index contributed by atoms with van der Waals surface area (Å²) in [5.41, 5.74) is 2.03. The van der Waals surface area contributed by atoms with Crippen LogP contribution in [0.2, 0.25) is 0 Å². The maximum absolute atomic E-state index is 12.4.